The number of hydrogen-bond acceptors (Lipinski definition) is 4. The Morgan fingerprint density at radius 3 is 2.74 bits per heavy atom. The maximum absolute atomic E-state index is 11.9. The number of thioether (sulfide) groups is 1. The molecule has 0 saturated carbocycles. The number of carbonyl (C=O) groups is 1. The fourth-order valence-electron chi connectivity index (χ4n) is 2.44. The van der Waals surface area contributed by atoms with Crippen LogP contribution in [-0.4, -0.2) is 60.1 Å². The van der Waals surface area contributed by atoms with Crippen LogP contribution in [0, 0.1) is 0 Å². The van der Waals surface area contributed by atoms with Crippen LogP contribution in [0.3, 0.4) is 0 Å². The Bertz CT molecular complexity index is 350. The van der Waals surface area contributed by atoms with E-state index in [1.54, 1.807) is 11.8 Å². The van der Waals surface area contributed by atoms with E-state index in [0.29, 0.717) is 0 Å². The summed E-state index contributed by atoms with van der Waals surface area (Å²) in [5, 5.41) is 4.42. The molecule has 1 spiro atoms. The van der Waals surface area contributed by atoms with E-state index in [9.17, 15) is 4.79 Å². The number of ether oxygens (including phenoxy) is 1. The Hall–Kier alpha value is -0.750. The molecule has 108 valence electrons. The van der Waals surface area contributed by atoms with Crippen molar-refractivity contribution in [2.24, 2.45) is 4.99 Å². The van der Waals surface area contributed by atoms with Crippen molar-refractivity contribution in [3.63, 3.8) is 0 Å². The Morgan fingerprint density at radius 2 is 2.11 bits per heavy atom. The quantitative estimate of drug-likeness (QED) is 0.840. The number of rotatable bonds is 4. The minimum Gasteiger partial charge on any atom is -0.381 e. The van der Waals surface area contributed by atoms with Crippen molar-refractivity contribution in [2.45, 2.75) is 32.2 Å². The predicted molar refractivity (Wildman–Crippen MR) is 78.6 cm³/mol. The van der Waals surface area contributed by atoms with Crippen LogP contribution >= 0.6 is 11.8 Å². The van der Waals surface area contributed by atoms with Crippen molar-refractivity contribution in [3.8, 4) is 0 Å². The average Bonchev–Trinajstić information content (AvgIpc) is 2.82. The van der Waals surface area contributed by atoms with Crippen molar-refractivity contribution in [3.05, 3.63) is 0 Å². The summed E-state index contributed by atoms with van der Waals surface area (Å²) in [6, 6.07) is 0. The molecule has 0 bridgehead atoms. The second kappa shape index (κ2) is 6.61. The molecule has 1 N–H and O–H groups in total. The molecule has 2 heterocycles. The van der Waals surface area contributed by atoms with E-state index in [1.807, 2.05) is 18.7 Å². The molecule has 19 heavy (non-hydrogen) atoms. The molecule has 2 aliphatic rings. The minimum absolute atomic E-state index is 0.104. The van der Waals surface area contributed by atoms with Crippen molar-refractivity contribution in [1.29, 1.82) is 0 Å². The van der Waals surface area contributed by atoms with Crippen LogP contribution < -0.4 is 5.32 Å². The second-order valence-corrected chi connectivity index (χ2v) is 5.96. The monoisotopic (exact) mass is 285 g/mol. The summed E-state index contributed by atoms with van der Waals surface area (Å²) < 4.78 is 5.40. The molecule has 0 aromatic carbocycles. The molecular formula is C13H23N3O2S. The maximum Gasteiger partial charge on any atom is 0.244 e. The van der Waals surface area contributed by atoms with E-state index >= 15 is 0 Å². The minimum atomic E-state index is 0.104. The SMILES string of the molecule is CCN(CC)C(=O)CN=C1NC2(CCOCC2)CS1. The predicted octanol–water partition coefficient (Wildman–Crippen LogP) is 1.10. The van der Waals surface area contributed by atoms with Gasteiger partial charge in [-0.3, -0.25) is 9.79 Å². The van der Waals surface area contributed by atoms with E-state index in [2.05, 4.69) is 10.3 Å². The third-order valence-electron chi connectivity index (χ3n) is 3.78. The van der Waals surface area contributed by atoms with Gasteiger partial charge >= 0.3 is 0 Å². The van der Waals surface area contributed by atoms with Crippen LogP contribution in [0.2, 0.25) is 0 Å². The number of likely N-dealkylation sites (N-methyl/N-ethyl adjacent to an activating group) is 1. The lowest BCUT2D eigenvalue weighted by Crippen LogP contribution is -2.48. The zero-order valence-electron chi connectivity index (χ0n) is 11.8. The van der Waals surface area contributed by atoms with Gasteiger partial charge in [0.05, 0.1) is 5.54 Å². The van der Waals surface area contributed by atoms with Crippen LogP contribution in [0.4, 0.5) is 0 Å². The van der Waals surface area contributed by atoms with E-state index < -0.39 is 0 Å². The Morgan fingerprint density at radius 1 is 1.42 bits per heavy atom. The summed E-state index contributed by atoms with van der Waals surface area (Å²) in [5.41, 5.74) is 0.153. The lowest BCUT2D eigenvalue weighted by atomic mass is 9.93. The normalized spacial score (nSPS) is 23.6. The highest BCUT2D eigenvalue weighted by Crippen LogP contribution is 2.31. The highest BCUT2D eigenvalue weighted by atomic mass is 32.2. The first kappa shape index (κ1) is 14.7. The fourth-order valence-corrected chi connectivity index (χ4v) is 3.66. The standard InChI is InChI=1S/C13H23N3O2S/c1-3-16(4-2)11(17)9-14-12-15-13(10-19-12)5-7-18-8-6-13/h3-10H2,1-2H3,(H,14,15). The van der Waals surface area contributed by atoms with Gasteiger partial charge in [-0.05, 0) is 26.7 Å². The van der Waals surface area contributed by atoms with E-state index in [4.69, 9.17) is 4.74 Å². The zero-order chi connectivity index (χ0) is 13.7. The van der Waals surface area contributed by atoms with Crippen molar-refractivity contribution < 1.29 is 9.53 Å². The van der Waals surface area contributed by atoms with Crippen molar-refractivity contribution in [2.75, 3.05) is 38.6 Å². The number of hydrogen-bond donors (Lipinski definition) is 1. The van der Waals surface area contributed by atoms with E-state index in [-0.39, 0.29) is 18.0 Å². The number of aliphatic imine (C=N–C) groups is 1. The molecule has 0 unspecified atom stereocenters. The number of nitrogens with zero attached hydrogens (tertiary/aromatic N) is 2. The molecular weight excluding hydrogens is 262 g/mol. The summed E-state index contributed by atoms with van der Waals surface area (Å²) in [6.45, 7) is 7.38. The van der Waals surface area contributed by atoms with Gasteiger partial charge < -0.3 is 15.0 Å². The molecule has 2 fully saturated rings. The summed E-state index contributed by atoms with van der Waals surface area (Å²) in [4.78, 5) is 18.1. The Labute approximate surface area is 119 Å². The molecule has 1 amide bonds. The van der Waals surface area contributed by atoms with Crippen LogP contribution in [0.15, 0.2) is 4.99 Å². The van der Waals surface area contributed by atoms with Crippen LogP contribution in [-0.2, 0) is 9.53 Å². The largest absolute Gasteiger partial charge is 0.381 e. The van der Waals surface area contributed by atoms with Gasteiger partial charge in [0.2, 0.25) is 5.91 Å². The molecule has 0 aromatic heterocycles. The van der Waals surface area contributed by atoms with Gasteiger partial charge in [-0.2, -0.15) is 0 Å². The van der Waals surface area contributed by atoms with Crippen molar-refractivity contribution >= 4 is 22.8 Å². The molecule has 5 nitrogen and oxygen atoms in total. The first-order valence-corrected chi connectivity index (χ1v) is 7.98. The van der Waals surface area contributed by atoms with E-state index in [0.717, 1.165) is 50.1 Å². The van der Waals surface area contributed by atoms with Crippen LogP contribution in [0.5, 0.6) is 0 Å². The second-order valence-electron chi connectivity index (χ2n) is 4.99. The number of amidine groups is 1. The molecule has 6 heteroatoms. The van der Waals surface area contributed by atoms with Gasteiger partial charge in [-0.1, -0.05) is 11.8 Å². The third kappa shape index (κ3) is 3.63. The molecule has 0 atom stereocenters. The zero-order valence-corrected chi connectivity index (χ0v) is 12.6. The van der Waals surface area contributed by atoms with Gasteiger partial charge in [0.15, 0.2) is 5.17 Å². The molecule has 2 rings (SSSR count). The molecule has 0 radical (unpaired) electrons. The van der Waals surface area contributed by atoms with Gasteiger partial charge in [0.25, 0.3) is 0 Å². The first-order chi connectivity index (χ1) is 9.19. The summed E-state index contributed by atoms with van der Waals surface area (Å²) >= 11 is 1.73. The number of amides is 1. The van der Waals surface area contributed by atoms with Gasteiger partial charge in [-0.25, -0.2) is 0 Å². The summed E-state index contributed by atoms with van der Waals surface area (Å²) in [5.74, 6) is 1.14. The topological polar surface area (TPSA) is 53.9 Å². The van der Waals surface area contributed by atoms with Gasteiger partial charge in [0, 0.05) is 32.1 Å². The molecule has 0 aromatic rings. The molecule has 2 aliphatic heterocycles. The average molecular weight is 285 g/mol. The first-order valence-electron chi connectivity index (χ1n) is 7.00. The molecule has 0 aliphatic carbocycles. The maximum atomic E-state index is 11.9. The third-order valence-corrected chi connectivity index (χ3v) is 4.98. The number of nitrogens with one attached hydrogen (secondary N) is 1. The summed E-state index contributed by atoms with van der Waals surface area (Å²) in [7, 11) is 0. The lowest BCUT2D eigenvalue weighted by molar-refractivity contribution is -0.129. The summed E-state index contributed by atoms with van der Waals surface area (Å²) in [6.07, 6.45) is 2.06. The van der Waals surface area contributed by atoms with Crippen LogP contribution in [0.1, 0.15) is 26.7 Å². The lowest BCUT2D eigenvalue weighted by Gasteiger charge is -2.32. The van der Waals surface area contributed by atoms with E-state index in [1.165, 1.54) is 0 Å². The number of carbonyl (C=O) groups excluding carboxylic acids is 1. The van der Waals surface area contributed by atoms with Crippen molar-refractivity contribution in [1.82, 2.24) is 10.2 Å². The Kier molecular flexibility index (Phi) is 5.10. The van der Waals surface area contributed by atoms with Gasteiger partial charge in [-0.15, -0.1) is 0 Å². The fraction of sp³-hybridized carbons (Fsp3) is 0.846. The smallest absolute Gasteiger partial charge is 0.244 e. The van der Waals surface area contributed by atoms with Crippen LogP contribution in [0.25, 0.3) is 0 Å². The van der Waals surface area contributed by atoms with Gasteiger partial charge in [0.1, 0.15) is 6.54 Å². The highest BCUT2D eigenvalue weighted by molar-refractivity contribution is 8.14. The highest BCUT2D eigenvalue weighted by Gasteiger charge is 2.38. The molecule has 2 saturated heterocycles. The Balaban J connectivity index is 1.86.